The van der Waals surface area contributed by atoms with Crippen LogP contribution in [0, 0.1) is 39.9 Å². The van der Waals surface area contributed by atoms with Crippen LogP contribution in [0.25, 0.3) is 0 Å². The highest BCUT2D eigenvalue weighted by Crippen LogP contribution is 2.80. The molecule has 0 aromatic rings. The number of ether oxygens (including phenoxy) is 2. The van der Waals surface area contributed by atoms with E-state index < -0.39 is 40.4 Å². The van der Waals surface area contributed by atoms with Crippen LogP contribution in [0.2, 0.25) is 0 Å². The number of hydrogen-bond acceptors (Lipinski definition) is 7. The first kappa shape index (κ1) is 27.4. The van der Waals surface area contributed by atoms with Crippen LogP contribution < -0.4 is 0 Å². The Kier molecular flexibility index (Phi) is 5.91. The van der Waals surface area contributed by atoms with E-state index in [1.54, 1.807) is 0 Å². The molecule has 216 valence electrons. The molecule has 39 heavy (non-hydrogen) atoms. The molecule has 3 saturated heterocycles. The second-order valence-corrected chi connectivity index (χ2v) is 14.4. The molecule has 3 unspecified atom stereocenters. The van der Waals surface area contributed by atoms with Gasteiger partial charge >= 0.3 is 11.9 Å². The van der Waals surface area contributed by atoms with E-state index in [0.29, 0.717) is 36.3 Å². The Balaban J connectivity index is 1.54. The fourth-order valence-electron chi connectivity index (χ4n) is 10.8. The van der Waals surface area contributed by atoms with Crippen molar-refractivity contribution in [3.05, 3.63) is 22.8 Å². The number of carboxylic acid groups (broad SMARTS) is 1. The quantitative estimate of drug-likeness (QED) is 0.208. The van der Waals surface area contributed by atoms with E-state index in [2.05, 4.69) is 27.7 Å². The van der Waals surface area contributed by atoms with Crippen LogP contribution >= 0.6 is 0 Å². The van der Waals surface area contributed by atoms with E-state index in [1.165, 1.54) is 6.92 Å². The zero-order valence-electron chi connectivity index (χ0n) is 24.3. The zero-order valence-corrected chi connectivity index (χ0v) is 24.3. The lowest BCUT2D eigenvalue weighted by Crippen LogP contribution is -2.69. The number of fused-ring (bicyclic) bond motifs is 2. The van der Waals surface area contributed by atoms with Crippen molar-refractivity contribution in [1.82, 2.24) is 0 Å². The molecule has 11 atom stereocenters. The smallest absolute Gasteiger partial charge is 0.331 e. The summed E-state index contributed by atoms with van der Waals surface area (Å²) < 4.78 is 12.7. The number of esters is 1. The van der Waals surface area contributed by atoms with Gasteiger partial charge in [-0.05, 0) is 86.0 Å². The maximum atomic E-state index is 12.8. The molecule has 2 N–H and O–H groups in total. The molecule has 0 amide bonds. The number of hydrogen-bond donors (Lipinski definition) is 2. The van der Waals surface area contributed by atoms with Crippen LogP contribution in [0.1, 0.15) is 93.4 Å². The van der Waals surface area contributed by atoms with Gasteiger partial charge in [-0.3, -0.25) is 4.79 Å². The predicted molar refractivity (Wildman–Crippen MR) is 141 cm³/mol. The van der Waals surface area contributed by atoms with Gasteiger partial charge in [0.2, 0.25) is 5.79 Å². The molecule has 8 nitrogen and oxygen atoms in total. The van der Waals surface area contributed by atoms with E-state index in [0.717, 1.165) is 24.8 Å². The highest BCUT2D eigenvalue weighted by molar-refractivity contribution is 5.88. The van der Waals surface area contributed by atoms with Gasteiger partial charge < -0.3 is 19.7 Å². The Hall–Kier alpha value is -1.74. The van der Waals surface area contributed by atoms with Gasteiger partial charge in [0.15, 0.2) is 11.9 Å². The molecule has 7 fully saturated rings. The molecule has 0 aromatic carbocycles. The summed E-state index contributed by atoms with van der Waals surface area (Å²) in [6.45, 7) is 14.3. The first-order chi connectivity index (χ1) is 18.1. The van der Waals surface area contributed by atoms with Crippen LogP contribution in [0.4, 0.5) is 0 Å². The summed E-state index contributed by atoms with van der Waals surface area (Å²) in [5.74, 6) is -4.10. The van der Waals surface area contributed by atoms with E-state index in [-0.39, 0.29) is 35.7 Å². The molecule has 3 heterocycles. The first-order valence-electron chi connectivity index (χ1n) is 14.7. The summed E-state index contributed by atoms with van der Waals surface area (Å²) in [5, 5.41) is 23.2. The van der Waals surface area contributed by atoms with Crippen LogP contribution in [-0.2, 0) is 28.8 Å². The lowest BCUT2D eigenvalue weighted by molar-refractivity contribution is -0.608. The average molecular weight is 545 g/mol. The van der Waals surface area contributed by atoms with Crippen molar-refractivity contribution in [2.24, 2.45) is 39.9 Å². The first-order valence-corrected chi connectivity index (χ1v) is 14.7. The summed E-state index contributed by atoms with van der Waals surface area (Å²) in [6.07, 6.45) is 5.44. The van der Waals surface area contributed by atoms with Crippen molar-refractivity contribution in [1.29, 1.82) is 0 Å². The number of carbonyl (C=O) groups is 2. The van der Waals surface area contributed by atoms with Crippen molar-refractivity contribution >= 4 is 11.9 Å². The molecular formula is C31H44O8. The van der Waals surface area contributed by atoms with Crippen LogP contribution in [0.3, 0.4) is 0 Å². The minimum atomic E-state index is -1.53. The minimum Gasteiger partial charge on any atom is -0.478 e. The predicted octanol–water partition coefficient (Wildman–Crippen LogP) is 5.30. The zero-order chi connectivity index (χ0) is 28.3. The fraction of sp³-hybridized carbons (Fsp3) is 0.806. The van der Waals surface area contributed by atoms with Crippen LogP contribution in [-0.4, -0.2) is 45.9 Å². The van der Waals surface area contributed by atoms with Gasteiger partial charge in [0, 0.05) is 30.8 Å². The number of aliphatic carboxylic acids is 1. The monoisotopic (exact) mass is 544 g/mol. The third-order valence-electron chi connectivity index (χ3n) is 12.3. The highest BCUT2D eigenvalue weighted by Gasteiger charge is 2.82. The molecule has 4 aliphatic carbocycles. The summed E-state index contributed by atoms with van der Waals surface area (Å²) in [6, 6.07) is 0. The second-order valence-electron chi connectivity index (χ2n) is 14.4. The normalized spacial score (nSPS) is 52.1. The van der Waals surface area contributed by atoms with E-state index in [9.17, 15) is 19.8 Å². The maximum Gasteiger partial charge on any atom is 0.331 e. The van der Waals surface area contributed by atoms with Crippen LogP contribution in [0.5, 0.6) is 0 Å². The van der Waals surface area contributed by atoms with Crippen molar-refractivity contribution in [2.45, 2.75) is 117 Å². The second kappa shape index (κ2) is 8.40. The number of rotatable bonds is 5. The van der Waals surface area contributed by atoms with Gasteiger partial charge in [0.25, 0.3) is 0 Å². The van der Waals surface area contributed by atoms with Gasteiger partial charge in [-0.2, -0.15) is 4.89 Å². The SMILES string of the molecule is CC(=O)O[C@H]1C[C@@]2(C)[C@H](C[C@]3(O)O[C@@]45OOC4C[C@@]4(C)C(CC[C@@]2(C)C43)[C@@H]5C)/C1=C(/CCC=C(C)C)C(=O)O. The van der Waals surface area contributed by atoms with Crippen molar-refractivity contribution in [2.75, 3.05) is 0 Å². The molecule has 7 rings (SSSR count). The third-order valence-corrected chi connectivity index (χ3v) is 12.3. The lowest BCUT2D eigenvalue weighted by atomic mass is 9.36. The molecular weight excluding hydrogens is 500 g/mol. The molecule has 8 heteroatoms. The van der Waals surface area contributed by atoms with Gasteiger partial charge in [0.1, 0.15) is 6.10 Å². The topological polar surface area (TPSA) is 112 Å². The van der Waals surface area contributed by atoms with E-state index >= 15 is 0 Å². The van der Waals surface area contributed by atoms with Crippen molar-refractivity contribution < 1.29 is 39.1 Å². The Morgan fingerprint density at radius 1 is 1.10 bits per heavy atom. The summed E-state index contributed by atoms with van der Waals surface area (Å²) in [7, 11) is 0. The van der Waals surface area contributed by atoms with E-state index in [1.807, 2.05) is 19.9 Å². The highest BCUT2D eigenvalue weighted by atomic mass is 17.3. The largest absolute Gasteiger partial charge is 0.478 e. The Morgan fingerprint density at radius 2 is 1.82 bits per heavy atom. The summed E-state index contributed by atoms with van der Waals surface area (Å²) in [5.41, 5.74) is 1.02. The Morgan fingerprint density at radius 3 is 2.41 bits per heavy atom. The number of carbonyl (C=O) groups excluding carboxylic acids is 1. The van der Waals surface area contributed by atoms with E-state index in [4.69, 9.17) is 19.2 Å². The number of carboxylic acids is 1. The standard InChI is InChI=1S/C31H44O8/c1-16(2)9-8-10-19(25(33)34)24-21-13-30(35)26-27(5)15-23-31(38-30,39-37-23)17(3)20(27)11-12-28(26,6)29(21,7)14-22(24)36-18(4)32/h9,17,20-23,26,35H,8,10-15H2,1-7H3,(H,33,34)/b24-19+/t17-,20?,21+,22-,23?,26?,27-,28-,29-,30-,31-/m0/s1. The van der Waals surface area contributed by atoms with Crippen molar-refractivity contribution in [3.63, 3.8) is 0 Å². The summed E-state index contributed by atoms with van der Waals surface area (Å²) in [4.78, 5) is 36.5. The fourth-order valence-corrected chi connectivity index (χ4v) is 10.8. The minimum absolute atomic E-state index is 0.0595. The van der Waals surface area contributed by atoms with Crippen LogP contribution in [0.15, 0.2) is 22.8 Å². The average Bonchev–Trinajstić information content (AvgIpc) is 3.03. The molecule has 4 bridgehead atoms. The lowest BCUT2D eigenvalue weighted by Gasteiger charge is -2.68. The van der Waals surface area contributed by atoms with Gasteiger partial charge in [-0.25, -0.2) is 9.68 Å². The molecule has 4 saturated carbocycles. The van der Waals surface area contributed by atoms with Crippen molar-refractivity contribution in [3.8, 4) is 0 Å². The van der Waals surface area contributed by atoms with Gasteiger partial charge in [-0.15, -0.1) is 0 Å². The molecule has 0 aromatic heterocycles. The van der Waals surface area contributed by atoms with Gasteiger partial charge in [0.05, 0.1) is 0 Å². The number of aliphatic hydroxyl groups is 1. The Bertz CT molecular complexity index is 1170. The molecule has 0 radical (unpaired) electrons. The number of allylic oxidation sites excluding steroid dienone is 2. The molecule has 7 aliphatic rings. The molecule has 3 aliphatic heterocycles. The molecule has 1 spiro atoms. The third kappa shape index (κ3) is 3.38. The van der Waals surface area contributed by atoms with Gasteiger partial charge in [-0.1, -0.05) is 39.3 Å². The summed E-state index contributed by atoms with van der Waals surface area (Å²) >= 11 is 0. The maximum absolute atomic E-state index is 12.8. The Labute approximate surface area is 231 Å².